The lowest BCUT2D eigenvalue weighted by molar-refractivity contribution is -0.131. The van der Waals surface area contributed by atoms with Crippen LogP contribution in [0.15, 0.2) is 70.8 Å². The van der Waals surface area contributed by atoms with Gasteiger partial charge >= 0.3 is 0 Å². The molecule has 1 amide bonds. The third-order valence-corrected chi connectivity index (χ3v) is 7.43. The lowest BCUT2D eigenvalue weighted by Crippen LogP contribution is -2.36. The summed E-state index contributed by atoms with van der Waals surface area (Å²) < 4.78 is 0. The SMILES string of the molecule is CCCN(Cc1ccccc1)C(=O)[C@@H](C)SCc1nc2scc(-c3ccccc3)c2c(=O)[nH]1. The number of hydrogen-bond donors (Lipinski definition) is 1. The van der Waals surface area contributed by atoms with E-state index in [4.69, 9.17) is 0 Å². The highest BCUT2D eigenvalue weighted by Gasteiger charge is 2.21. The van der Waals surface area contributed by atoms with Crippen LogP contribution < -0.4 is 5.56 Å². The second kappa shape index (κ2) is 10.8. The number of amides is 1. The van der Waals surface area contributed by atoms with E-state index in [0.717, 1.165) is 34.5 Å². The molecule has 0 fully saturated rings. The van der Waals surface area contributed by atoms with E-state index in [1.165, 1.54) is 23.1 Å². The first kappa shape index (κ1) is 23.3. The van der Waals surface area contributed by atoms with Gasteiger partial charge in [-0.25, -0.2) is 4.98 Å². The van der Waals surface area contributed by atoms with Gasteiger partial charge in [0.05, 0.1) is 16.4 Å². The van der Waals surface area contributed by atoms with Crippen molar-refractivity contribution in [2.75, 3.05) is 6.54 Å². The number of fused-ring (bicyclic) bond motifs is 1. The molecule has 2 heterocycles. The number of nitrogens with one attached hydrogen (secondary N) is 1. The highest BCUT2D eigenvalue weighted by atomic mass is 32.2. The molecule has 1 atom stereocenters. The fourth-order valence-electron chi connectivity index (χ4n) is 3.77. The first-order valence-corrected chi connectivity index (χ1v) is 13.0. The van der Waals surface area contributed by atoms with Crippen molar-refractivity contribution in [3.05, 3.63) is 87.8 Å². The van der Waals surface area contributed by atoms with Crippen molar-refractivity contribution in [3.8, 4) is 11.1 Å². The molecule has 0 saturated carbocycles. The third-order valence-electron chi connectivity index (χ3n) is 5.42. The van der Waals surface area contributed by atoms with Crippen molar-refractivity contribution in [1.29, 1.82) is 0 Å². The van der Waals surface area contributed by atoms with Crippen molar-refractivity contribution < 1.29 is 4.79 Å². The van der Waals surface area contributed by atoms with Crippen LogP contribution in [0.25, 0.3) is 21.3 Å². The number of rotatable bonds is 9. The van der Waals surface area contributed by atoms with E-state index >= 15 is 0 Å². The Bertz CT molecular complexity index is 1270. The van der Waals surface area contributed by atoms with E-state index in [1.807, 2.05) is 77.9 Å². The second-order valence-corrected chi connectivity index (χ2v) is 10.1. The van der Waals surface area contributed by atoms with Gasteiger partial charge in [-0.3, -0.25) is 9.59 Å². The predicted octanol–water partition coefficient (Wildman–Crippen LogP) is 5.71. The van der Waals surface area contributed by atoms with Gasteiger partial charge in [0.25, 0.3) is 5.56 Å². The minimum Gasteiger partial charge on any atom is -0.337 e. The van der Waals surface area contributed by atoms with Crippen LogP contribution in [-0.4, -0.2) is 32.6 Å². The Morgan fingerprint density at radius 2 is 1.82 bits per heavy atom. The quantitative estimate of drug-likeness (QED) is 0.335. The normalized spacial score (nSPS) is 12.1. The van der Waals surface area contributed by atoms with E-state index < -0.39 is 0 Å². The standard InChI is InChI=1S/C26H27N3O2S2/c1-3-14-29(15-19-10-6-4-7-11-19)26(31)18(2)32-17-22-27-24(30)23-21(16-33-25(23)28-22)20-12-8-5-9-13-20/h4-13,16,18H,3,14-15,17H2,1-2H3,(H,27,28,30)/t18-/m1/s1. The van der Waals surface area contributed by atoms with Crippen LogP contribution in [0.3, 0.4) is 0 Å². The van der Waals surface area contributed by atoms with Crippen molar-refractivity contribution in [2.45, 2.75) is 37.8 Å². The van der Waals surface area contributed by atoms with Gasteiger partial charge in [-0.2, -0.15) is 0 Å². The number of hydrogen-bond acceptors (Lipinski definition) is 5. The van der Waals surface area contributed by atoms with Crippen LogP contribution in [-0.2, 0) is 17.1 Å². The minimum atomic E-state index is -0.232. The summed E-state index contributed by atoms with van der Waals surface area (Å²) in [6.07, 6.45) is 0.906. The fourth-order valence-corrected chi connectivity index (χ4v) is 5.57. The Labute approximate surface area is 201 Å². The van der Waals surface area contributed by atoms with Crippen molar-refractivity contribution in [3.63, 3.8) is 0 Å². The summed E-state index contributed by atoms with van der Waals surface area (Å²) in [5.74, 6) is 1.18. The Hall–Kier alpha value is -2.90. The number of aromatic amines is 1. The van der Waals surface area contributed by atoms with Gasteiger partial charge in [-0.05, 0) is 24.5 Å². The molecule has 7 heteroatoms. The fraction of sp³-hybridized carbons (Fsp3) is 0.269. The smallest absolute Gasteiger partial charge is 0.260 e. The van der Waals surface area contributed by atoms with Gasteiger partial charge in [0.2, 0.25) is 5.91 Å². The number of nitrogens with zero attached hydrogens (tertiary/aromatic N) is 2. The number of H-pyrrole nitrogens is 1. The number of thioether (sulfide) groups is 1. The van der Waals surface area contributed by atoms with Gasteiger partial charge in [0.15, 0.2) is 0 Å². The molecule has 0 aliphatic carbocycles. The summed E-state index contributed by atoms with van der Waals surface area (Å²) in [6, 6.07) is 19.9. The first-order chi connectivity index (χ1) is 16.1. The molecule has 0 radical (unpaired) electrons. The molecule has 170 valence electrons. The molecular formula is C26H27N3O2S2. The number of benzene rings is 2. The molecule has 0 spiro atoms. The maximum Gasteiger partial charge on any atom is 0.260 e. The predicted molar refractivity (Wildman–Crippen MR) is 139 cm³/mol. The molecule has 0 aliphatic heterocycles. The Balaban J connectivity index is 1.46. The maximum absolute atomic E-state index is 13.1. The molecule has 33 heavy (non-hydrogen) atoms. The average molecular weight is 478 g/mol. The second-order valence-electron chi connectivity index (χ2n) is 7.91. The van der Waals surface area contributed by atoms with E-state index in [-0.39, 0.29) is 16.7 Å². The zero-order chi connectivity index (χ0) is 23.2. The van der Waals surface area contributed by atoms with E-state index in [1.54, 1.807) is 0 Å². The van der Waals surface area contributed by atoms with E-state index in [0.29, 0.717) is 23.5 Å². The van der Waals surface area contributed by atoms with Crippen molar-refractivity contribution in [2.24, 2.45) is 0 Å². The molecule has 5 nitrogen and oxygen atoms in total. The highest BCUT2D eigenvalue weighted by Crippen LogP contribution is 2.31. The summed E-state index contributed by atoms with van der Waals surface area (Å²) in [7, 11) is 0. The average Bonchev–Trinajstić information content (AvgIpc) is 3.28. The van der Waals surface area contributed by atoms with Gasteiger partial charge in [-0.1, -0.05) is 67.6 Å². The Morgan fingerprint density at radius 3 is 2.52 bits per heavy atom. The largest absolute Gasteiger partial charge is 0.337 e. The van der Waals surface area contributed by atoms with Gasteiger partial charge in [-0.15, -0.1) is 23.1 Å². The summed E-state index contributed by atoms with van der Waals surface area (Å²) >= 11 is 2.98. The zero-order valence-corrected chi connectivity index (χ0v) is 20.4. The minimum absolute atomic E-state index is 0.108. The summed E-state index contributed by atoms with van der Waals surface area (Å²) in [4.78, 5) is 36.2. The molecule has 2 aromatic heterocycles. The molecule has 1 N–H and O–H groups in total. The number of thiophene rings is 1. The summed E-state index contributed by atoms with van der Waals surface area (Å²) in [5, 5.41) is 2.38. The molecular weight excluding hydrogens is 450 g/mol. The van der Waals surface area contributed by atoms with Gasteiger partial charge in [0, 0.05) is 24.0 Å². The van der Waals surface area contributed by atoms with Crippen molar-refractivity contribution >= 4 is 39.2 Å². The molecule has 0 unspecified atom stereocenters. The number of aromatic nitrogens is 2. The van der Waals surface area contributed by atoms with Crippen LogP contribution in [0.4, 0.5) is 0 Å². The van der Waals surface area contributed by atoms with Crippen LogP contribution in [0.2, 0.25) is 0 Å². The Morgan fingerprint density at radius 1 is 1.12 bits per heavy atom. The third kappa shape index (κ3) is 5.54. The molecule has 2 aromatic carbocycles. The number of carbonyl (C=O) groups is 1. The topological polar surface area (TPSA) is 66.1 Å². The van der Waals surface area contributed by atoms with E-state index in [9.17, 15) is 9.59 Å². The van der Waals surface area contributed by atoms with Crippen LogP contribution in [0, 0.1) is 0 Å². The molecule has 0 aliphatic rings. The first-order valence-electron chi connectivity index (χ1n) is 11.1. The Kier molecular flexibility index (Phi) is 7.62. The highest BCUT2D eigenvalue weighted by molar-refractivity contribution is 7.99. The zero-order valence-electron chi connectivity index (χ0n) is 18.8. The summed E-state index contributed by atoms with van der Waals surface area (Å²) in [6.45, 7) is 5.33. The van der Waals surface area contributed by atoms with Crippen LogP contribution in [0.1, 0.15) is 31.7 Å². The van der Waals surface area contributed by atoms with Crippen LogP contribution >= 0.6 is 23.1 Å². The molecule has 4 aromatic rings. The van der Waals surface area contributed by atoms with Gasteiger partial charge in [0.1, 0.15) is 10.7 Å². The summed E-state index contributed by atoms with van der Waals surface area (Å²) in [5.41, 5.74) is 2.90. The molecule has 0 bridgehead atoms. The number of carbonyl (C=O) groups excluding carboxylic acids is 1. The van der Waals surface area contributed by atoms with Crippen LogP contribution in [0.5, 0.6) is 0 Å². The lowest BCUT2D eigenvalue weighted by atomic mass is 10.1. The molecule has 4 rings (SSSR count). The maximum atomic E-state index is 13.1. The van der Waals surface area contributed by atoms with Gasteiger partial charge < -0.3 is 9.88 Å². The van der Waals surface area contributed by atoms with Crippen molar-refractivity contribution in [1.82, 2.24) is 14.9 Å². The van der Waals surface area contributed by atoms with E-state index in [2.05, 4.69) is 16.9 Å². The monoisotopic (exact) mass is 477 g/mol. The molecule has 0 saturated heterocycles. The lowest BCUT2D eigenvalue weighted by Gasteiger charge is -2.25.